The van der Waals surface area contributed by atoms with Crippen LogP contribution in [0.1, 0.15) is 42.0 Å². The lowest BCUT2D eigenvalue weighted by atomic mass is 10.1. The van der Waals surface area contributed by atoms with Crippen molar-refractivity contribution in [2.24, 2.45) is 0 Å². The van der Waals surface area contributed by atoms with Crippen molar-refractivity contribution in [1.29, 1.82) is 0 Å². The summed E-state index contributed by atoms with van der Waals surface area (Å²) in [4.78, 5) is 33.0. The molecule has 2 N–H and O–H groups in total. The maximum atomic E-state index is 13.8. The van der Waals surface area contributed by atoms with E-state index >= 15 is 0 Å². The van der Waals surface area contributed by atoms with Gasteiger partial charge in [0.25, 0.3) is 5.91 Å². The molecule has 2 aromatic rings. The first kappa shape index (κ1) is 17.8. The van der Waals surface area contributed by atoms with E-state index in [-0.39, 0.29) is 11.5 Å². The quantitative estimate of drug-likeness (QED) is 0.877. The number of benzene rings is 1. The lowest BCUT2D eigenvalue weighted by molar-refractivity contribution is -0.122. The Morgan fingerprint density at radius 3 is 2.54 bits per heavy atom. The molecule has 1 heterocycles. The van der Waals surface area contributed by atoms with Gasteiger partial charge in [-0.15, -0.1) is 0 Å². The lowest BCUT2D eigenvalue weighted by Gasteiger charge is -2.15. The molecular weight excluding hydrogens is 311 g/mol. The fraction of sp³-hybridized carbons (Fsp3) is 0.412. The van der Waals surface area contributed by atoms with Gasteiger partial charge < -0.3 is 10.6 Å². The summed E-state index contributed by atoms with van der Waals surface area (Å²) < 4.78 is 13.8. The van der Waals surface area contributed by atoms with Crippen molar-refractivity contribution in [2.75, 3.05) is 6.54 Å². The highest BCUT2D eigenvalue weighted by Gasteiger charge is 2.20. The van der Waals surface area contributed by atoms with E-state index in [1.807, 2.05) is 6.92 Å². The van der Waals surface area contributed by atoms with Gasteiger partial charge in [-0.3, -0.25) is 9.59 Å². The fourth-order valence-corrected chi connectivity index (χ4v) is 2.21. The van der Waals surface area contributed by atoms with Crippen molar-refractivity contribution >= 4 is 22.8 Å². The maximum Gasteiger partial charge on any atom is 0.254 e. The number of amides is 2. The van der Waals surface area contributed by atoms with Crippen LogP contribution in [-0.2, 0) is 4.79 Å². The van der Waals surface area contributed by atoms with Crippen molar-refractivity contribution in [1.82, 2.24) is 20.6 Å². The zero-order valence-corrected chi connectivity index (χ0v) is 14.2. The van der Waals surface area contributed by atoms with Crippen LogP contribution in [0.25, 0.3) is 11.0 Å². The standard InChI is InChI=1S/C17H21FN4O2/c1-5-6-19-16(23)11(4)22-17(24)13-7-12(18)8-14-15(13)21-10(3)9(2)20-14/h7-8,11H,5-6H2,1-4H3,(H,19,23)(H,22,24)/t11-/m0/s1. The van der Waals surface area contributed by atoms with Crippen molar-refractivity contribution < 1.29 is 14.0 Å². The van der Waals surface area contributed by atoms with Gasteiger partial charge in [0.15, 0.2) is 0 Å². The molecule has 0 saturated heterocycles. The predicted octanol–water partition coefficient (Wildman–Crippen LogP) is 2.03. The minimum absolute atomic E-state index is 0.0655. The van der Waals surface area contributed by atoms with Crippen molar-refractivity contribution in [3.8, 4) is 0 Å². The van der Waals surface area contributed by atoms with E-state index in [0.717, 1.165) is 12.5 Å². The number of nitrogens with zero attached hydrogens (tertiary/aromatic N) is 2. The van der Waals surface area contributed by atoms with Gasteiger partial charge >= 0.3 is 0 Å². The van der Waals surface area contributed by atoms with Crippen molar-refractivity contribution in [3.05, 3.63) is 34.9 Å². The van der Waals surface area contributed by atoms with Gasteiger partial charge in [0.1, 0.15) is 17.4 Å². The Balaban J connectivity index is 2.32. The van der Waals surface area contributed by atoms with Crippen LogP contribution < -0.4 is 10.6 Å². The maximum absolute atomic E-state index is 13.8. The third-order valence-electron chi connectivity index (χ3n) is 3.68. The van der Waals surface area contributed by atoms with Crippen LogP contribution in [0.15, 0.2) is 12.1 Å². The zero-order chi connectivity index (χ0) is 17.9. The minimum Gasteiger partial charge on any atom is -0.354 e. The van der Waals surface area contributed by atoms with Crippen molar-refractivity contribution in [2.45, 2.75) is 40.2 Å². The average Bonchev–Trinajstić information content (AvgIpc) is 2.53. The summed E-state index contributed by atoms with van der Waals surface area (Å²) >= 11 is 0. The topological polar surface area (TPSA) is 84.0 Å². The Kier molecular flexibility index (Phi) is 5.43. The third kappa shape index (κ3) is 3.84. The first-order valence-corrected chi connectivity index (χ1v) is 7.86. The second-order valence-corrected chi connectivity index (χ2v) is 5.70. The molecule has 1 aromatic heterocycles. The van der Waals surface area contributed by atoms with E-state index in [0.29, 0.717) is 29.0 Å². The summed E-state index contributed by atoms with van der Waals surface area (Å²) in [7, 11) is 0. The Bertz CT molecular complexity index is 792. The van der Waals surface area contributed by atoms with E-state index < -0.39 is 17.8 Å². The van der Waals surface area contributed by atoms with Crippen LogP contribution in [0, 0.1) is 19.7 Å². The van der Waals surface area contributed by atoms with Gasteiger partial charge in [-0.25, -0.2) is 14.4 Å². The van der Waals surface area contributed by atoms with E-state index in [4.69, 9.17) is 0 Å². The molecule has 1 atom stereocenters. The first-order valence-electron chi connectivity index (χ1n) is 7.86. The number of aryl methyl sites for hydroxylation is 2. The molecule has 6 nitrogen and oxygen atoms in total. The molecular formula is C17H21FN4O2. The molecule has 7 heteroatoms. The number of halogens is 1. The SMILES string of the molecule is CCCNC(=O)[C@H](C)NC(=O)c1cc(F)cc2nc(C)c(C)nc12. The van der Waals surface area contributed by atoms with E-state index in [1.165, 1.54) is 6.07 Å². The predicted molar refractivity (Wildman–Crippen MR) is 89.2 cm³/mol. The van der Waals surface area contributed by atoms with Gasteiger partial charge in [0.2, 0.25) is 5.91 Å². The number of hydrogen-bond acceptors (Lipinski definition) is 4. The van der Waals surface area contributed by atoms with E-state index in [1.54, 1.807) is 20.8 Å². The Labute approximate surface area is 139 Å². The summed E-state index contributed by atoms with van der Waals surface area (Å²) in [6, 6.07) is 1.61. The number of carbonyl (C=O) groups excluding carboxylic acids is 2. The minimum atomic E-state index is -0.734. The van der Waals surface area contributed by atoms with E-state index in [2.05, 4.69) is 20.6 Å². The molecule has 0 aliphatic heterocycles. The Morgan fingerprint density at radius 1 is 1.21 bits per heavy atom. The van der Waals surface area contributed by atoms with Crippen LogP contribution in [0.2, 0.25) is 0 Å². The number of nitrogens with one attached hydrogen (secondary N) is 2. The summed E-state index contributed by atoms with van der Waals surface area (Å²) in [5.74, 6) is -1.42. The van der Waals surface area contributed by atoms with Crippen LogP contribution in [-0.4, -0.2) is 34.4 Å². The second kappa shape index (κ2) is 7.33. The van der Waals surface area contributed by atoms with Crippen LogP contribution in [0.5, 0.6) is 0 Å². The number of rotatable bonds is 5. The average molecular weight is 332 g/mol. The molecule has 0 fully saturated rings. The highest BCUT2D eigenvalue weighted by atomic mass is 19.1. The van der Waals surface area contributed by atoms with Crippen molar-refractivity contribution in [3.63, 3.8) is 0 Å². The molecule has 0 saturated carbocycles. The highest BCUT2D eigenvalue weighted by molar-refractivity contribution is 6.06. The molecule has 128 valence electrons. The summed E-state index contributed by atoms with van der Waals surface area (Å²) in [5, 5.41) is 5.27. The Hall–Kier alpha value is -2.57. The van der Waals surface area contributed by atoms with E-state index in [9.17, 15) is 14.0 Å². The lowest BCUT2D eigenvalue weighted by Crippen LogP contribution is -2.45. The molecule has 24 heavy (non-hydrogen) atoms. The van der Waals surface area contributed by atoms with Gasteiger partial charge in [0, 0.05) is 12.6 Å². The number of aromatic nitrogens is 2. The molecule has 1 aromatic carbocycles. The number of fused-ring (bicyclic) bond motifs is 1. The van der Waals surface area contributed by atoms with Gasteiger partial charge in [-0.05, 0) is 33.3 Å². The smallest absolute Gasteiger partial charge is 0.254 e. The monoisotopic (exact) mass is 332 g/mol. The molecule has 0 spiro atoms. The summed E-state index contributed by atoms with van der Waals surface area (Å²) in [6.45, 7) is 7.59. The Morgan fingerprint density at radius 2 is 1.88 bits per heavy atom. The highest BCUT2D eigenvalue weighted by Crippen LogP contribution is 2.19. The summed E-state index contributed by atoms with van der Waals surface area (Å²) in [5.41, 5.74) is 2.03. The second-order valence-electron chi connectivity index (χ2n) is 5.70. The molecule has 0 unspecified atom stereocenters. The molecule has 0 aliphatic rings. The van der Waals surface area contributed by atoms with Crippen LogP contribution in [0.4, 0.5) is 4.39 Å². The third-order valence-corrected chi connectivity index (χ3v) is 3.68. The molecule has 2 amide bonds. The van der Waals surface area contributed by atoms with Gasteiger partial charge in [0.05, 0.1) is 22.5 Å². The zero-order valence-electron chi connectivity index (χ0n) is 14.2. The molecule has 2 rings (SSSR count). The van der Waals surface area contributed by atoms with Gasteiger partial charge in [-0.2, -0.15) is 0 Å². The van der Waals surface area contributed by atoms with Crippen LogP contribution in [0.3, 0.4) is 0 Å². The molecule has 0 bridgehead atoms. The largest absolute Gasteiger partial charge is 0.354 e. The number of carbonyl (C=O) groups is 2. The molecule has 0 aliphatic carbocycles. The molecule has 0 radical (unpaired) electrons. The van der Waals surface area contributed by atoms with Gasteiger partial charge in [-0.1, -0.05) is 6.92 Å². The summed E-state index contributed by atoms with van der Waals surface area (Å²) in [6.07, 6.45) is 0.801. The normalized spacial score (nSPS) is 12.0. The fourth-order valence-electron chi connectivity index (χ4n) is 2.21. The van der Waals surface area contributed by atoms with Crippen LogP contribution >= 0.6 is 0 Å². The first-order chi connectivity index (χ1) is 11.3. The number of hydrogen-bond donors (Lipinski definition) is 2.